The third-order valence-corrected chi connectivity index (χ3v) is 1.59. The first-order valence-electron chi connectivity index (χ1n) is 3.14. The first kappa shape index (κ1) is 8.53. The van der Waals surface area contributed by atoms with Crippen LogP contribution >= 0.6 is 0 Å². The van der Waals surface area contributed by atoms with E-state index in [2.05, 4.69) is 5.18 Å². The number of hydrogen-bond donors (Lipinski definition) is 0. The van der Waals surface area contributed by atoms with Gasteiger partial charge in [-0.2, -0.15) is 4.91 Å². The Morgan fingerprint density at radius 1 is 1.67 bits per heavy atom. The molecule has 0 radical (unpaired) electrons. The molecule has 0 fully saturated rings. The summed E-state index contributed by atoms with van der Waals surface area (Å²) in [6.45, 7) is 3.11. The molecule has 2 nitrogen and oxygen atoms in total. The van der Waals surface area contributed by atoms with E-state index in [1.165, 1.54) is 0 Å². The van der Waals surface area contributed by atoms with Gasteiger partial charge in [-0.25, -0.2) is 4.39 Å². The predicted molar refractivity (Wildman–Crippen MR) is 35.0 cm³/mol. The Morgan fingerprint density at radius 3 is 2.33 bits per heavy atom. The number of alkyl halides is 1. The topological polar surface area (TPSA) is 29.4 Å². The second-order valence-electron chi connectivity index (χ2n) is 2.21. The van der Waals surface area contributed by atoms with Gasteiger partial charge in [0.05, 0.1) is 0 Å². The predicted octanol–water partition coefficient (Wildman–Crippen LogP) is 2.14. The van der Waals surface area contributed by atoms with Crippen LogP contribution in [0.4, 0.5) is 4.39 Å². The van der Waals surface area contributed by atoms with Crippen LogP contribution in [0.3, 0.4) is 0 Å². The zero-order chi connectivity index (χ0) is 7.28. The smallest absolute Gasteiger partial charge is 0.123 e. The lowest BCUT2D eigenvalue weighted by molar-refractivity contribution is 0.343. The third kappa shape index (κ3) is 2.54. The van der Waals surface area contributed by atoms with E-state index in [9.17, 15) is 9.30 Å². The van der Waals surface area contributed by atoms with Crippen LogP contribution in [-0.2, 0) is 0 Å². The Balaban J connectivity index is 3.63. The lowest BCUT2D eigenvalue weighted by atomic mass is 10.0. The Hall–Kier alpha value is -0.470. The molecule has 0 saturated heterocycles. The molecule has 0 aromatic carbocycles. The quantitative estimate of drug-likeness (QED) is 0.540. The van der Waals surface area contributed by atoms with Gasteiger partial charge in [-0.15, -0.1) is 0 Å². The maximum Gasteiger partial charge on any atom is 0.123 e. The van der Waals surface area contributed by atoms with Crippen molar-refractivity contribution in [2.75, 3.05) is 6.67 Å². The molecule has 0 saturated carbocycles. The fourth-order valence-electron chi connectivity index (χ4n) is 0.556. The standard InChI is InChI=1S/C6H12FNO/c1-3-5(2)6(4-7)8-9/h5-6H,3-4H2,1-2H3. The van der Waals surface area contributed by atoms with Crippen LogP contribution in [0.5, 0.6) is 0 Å². The summed E-state index contributed by atoms with van der Waals surface area (Å²) in [7, 11) is 0. The van der Waals surface area contributed by atoms with E-state index >= 15 is 0 Å². The SMILES string of the molecule is CCC(C)C(CF)N=O. The van der Waals surface area contributed by atoms with Crippen LogP contribution in [0.15, 0.2) is 5.18 Å². The number of halogens is 1. The molecule has 0 bridgehead atoms. The van der Waals surface area contributed by atoms with E-state index < -0.39 is 12.7 Å². The molecular formula is C6H12FNO. The molecule has 0 aliphatic carbocycles. The Morgan fingerprint density at radius 2 is 2.22 bits per heavy atom. The van der Waals surface area contributed by atoms with Crippen molar-refractivity contribution in [3.63, 3.8) is 0 Å². The zero-order valence-electron chi connectivity index (χ0n) is 5.80. The molecule has 9 heavy (non-hydrogen) atoms. The van der Waals surface area contributed by atoms with Crippen molar-refractivity contribution in [1.29, 1.82) is 0 Å². The average Bonchev–Trinajstić information content (AvgIpc) is 1.90. The molecule has 0 aliphatic heterocycles. The zero-order valence-corrected chi connectivity index (χ0v) is 5.80. The molecule has 0 rings (SSSR count). The lowest BCUT2D eigenvalue weighted by Crippen LogP contribution is -2.16. The van der Waals surface area contributed by atoms with E-state index in [4.69, 9.17) is 0 Å². The molecule has 0 aromatic rings. The van der Waals surface area contributed by atoms with Crippen LogP contribution in [0.2, 0.25) is 0 Å². The van der Waals surface area contributed by atoms with E-state index in [1.54, 1.807) is 0 Å². The molecule has 0 aliphatic rings. The monoisotopic (exact) mass is 133 g/mol. The van der Waals surface area contributed by atoms with Gasteiger partial charge in [0.15, 0.2) is 0 Å². The summed E-state index contributed by atoms with van der Waals surface area (Å²) in [4.78, 5) is 9.85. The van der Waals surface area contributed by atoms with Crippen molar-refractivity contribution in [1.82, 2.24) is 0 Å². The van der Waals surface area contributed by atoms with Crippen molar-refractivity contribution in [3.8, 4) is 0 Å². The van der Waals surface area contributed by atoms with E-state index in [1.807, 2.05) is 13.8 Å². The summed E-state index contributed by atoms with van der Waals surface area (Å²) in [6, 6.07) is -0.630. The number of rotatable bonds is 4. The minimum atomic E-state index is -0.630. The highest BCUT2D eigenvalue weighted by Crippen LogP contribution is 2.10. The fraction of sp³-hybridized carbons (Fsp3) is 1.00. The maximum atomic E-state index is 11.8. The molecular weight excluding hydrogens is 121 g/mol. The number of nitrogens with zero attached hydrogens (tertiary/aromatic N) is 1. The number of nitroso groups, excluding NO2 is 1. The van der Waals surface area contributed by atoms with Gasteiger partial charge in [0.25, 0.3) is 0 Å². The van der Waals surface area contributed by atoms with Crippen molar-refractivity contribution < 1.29 is 4.39 Å². The van der Waals surface area contributed by atoms with Crippen LogP contribution in [0, 0.1) is 10.8 Å². The van der Waals surface area contributed by atoms with E-state index in [-0.39, 0.29) is 5.92 Å². The van der Waals surface area contributed by atoms with Crippen LogP contribution in [0.1, 0.15) is 20.3 Å². The van der Waals surface area contributed by atoms with E-state index in [0.29, 0.717) is 0 Å². The average molecular weight is 133 g/mol. The highest BCUT2D eigenvalue weighted by atomic mass is 19.1. The summed E-state index contributed by atoms with van der Waals surface area (Å²) in [5, 5.41) is 2.65. The Kier molecular flexibility index (Phi) is 4.18. The Labute approximate surface area is 54.4 Å². The van der Waals surface area contributed by atoms with E-state index in [0.717, 1.165) is 6.42 Å². The van der Waals surface area contributed by atoms with Gasteiger partial charge in [-0.1, -0.05) is 25.4 Å². The largest absolute Gasteiger partial charge is 0.249 e. The third-order valence-electron chi connectivity index (χ3n) is 1.59. The highest BCUT2D eigenvalue weighted by Gasteiger charge is 2.14. The van der Waals surface area contributed by atoms with Crippen molar-refractivity contribution in [2.24, 2.45) is 11.1 Å². The molecule has 3 heteroatoms. The molecule has 0 N–H and O–H groups in total. The van der Waals surface area contributed by atoms with Gasteiger partial charge in [-0.05, 0) is 5.92 Å². The fourth-order valence-corrected chi connectivity index (χ4v) is 0.556. The molecule has 0 spiro atoms. The van der Waals surface area contributed by atoms with Gasteiger partial charge in [0.2, 0.25) is 0 Å². The minimum Gasteiger partial charge on any atom is -0.249 e. The van der Waals surface area contributed by atoms with Crippen molar-refractivity contribution in [3.05, 3.63) is 4.91 Å². The summed E-state index contributed by atoms with van der Waals surface area (Å²) >= 11 is 0. The van der Waals surface area contributed by atoms with Gasteiger partial charge in [-0.3, -0.25) is 0 Å². The summed E-state index contributed by atoms with van der Waals surface area (Å²) in [6.07, 6.45) is 0.806. The first-order valence-corrected chi connectivity index (χ1v) is 3.14. The molecule has 2 atom stereocenters. The van der Waals surface area contributed by atoms with Crippen LogP contribution in [0.25, 0.3) is 0 Å². The van der Waals surface area contributed by atoms with Gasteiger partial charge in [0.1, 0.15) is 12.7 Å². The van der Waals surface area contributed by atoms with Gasteiger partial charge in [0, 0.05) is 0 Å². The Bertz CT molecular complexity index is 87.1. The number of hydrogen-bond acceptors (Lipinski definition) is 2. The van der Waals surface area contributed by atoms with Crippen molar-refractivity contribution in [2.45, 2.75) is 26.3 Å². The van der Waals surface area contributed by atoms with Crippen LogP contribution in [-0.4, -0.2) is 12.7 Å². The lowest BCUT2D eigenvalue weighted by Gasteiger charge is -2.10. The van der Waals surface area contributed by atoms with Crippen molar-refractivity contribution >= 4 is 0 Å². The maximum absolute atomic E-state index is 11.8. The van der Waals surface area contributed by atoms with Gasteiger partial charge >= 0.3 is 0 Å². The second kappa shape index (κ2) is 4.41. The molecule has 0 amide bonds. The highest BCUT2D eigenvalue weighted by molar-refractivity contribution is 4.69. The molecule has 0 heterocycles. The van der Waals surface area contributed by atoms with Gasteiger partial charge < -0.3 is 0 Å². The minimum absolute atomic E-state index is 0.0764. The first-order chi connectivity index (χ1) is 4.26. The molecule has 0 aromatic heterocycles. The molecule has 2 unspecified atom stereocenters. The summed E-state index contributed by atoms with van der Waals surface area (Å²) < 4.78 is 11.8. The summed E-state index contributed by atoms with van der Waals surface area (Å²) in [5.41, 5.74) is 0. The molecule has 54 valence electrons. The van der Waals surface area contributed by atoms with Crippen LogP contribution < -0.4 is 0 Å². The second-order valence-corrected chi connectivity index (χ2v) is 2.21. The summed E-state index contributed by atoms with van der Waals surface area (Å²) in [5.74, 6) is 0.0764. The normalized spacial score (nSPS) is 16.8.